The van der Waals surface area contributed by atoms with Gasteiger partial charge in [-0.15, -0.1) is 0 Å². The Morgan fingerprint density at radius 2 is 1.13 bits per heavy atom. The molecule has 1 aromatic rings. The van der Waals surface area contributed by atoms with Crippen molar-refractivity contribution >= 4 is 17.8 Å². The number of aliphatic hydroxyl groups excluding tert-OH is 7. The van der Waals surface area contributed by atoms with E-state index in [1.807, 2.05) is 50.3 Å². The Hall–Kier alpha value is -3.08. The molecule has 0 radical (unpaired) electrons. The fourth-order valence-corrected chi connectivity index (χ4v) is 16.3. The lowest BCUT2D eigenvalue weighted by atomic mass is 9.42. The van der Waals surface area contributed by atoms with Gasteiger partial charge in [0.15, 0.2) is 37.2 Å². The van der Waals surface area contributed by atoms with Crippen LogP contribution >= 0.6 is 0 Å². The van der Waals surface area contributed by atoms with E-state index in [0.29, 0.717) is 25.7 Å². The van der Waals surface area contributed by atoms with E-state index in [2.05, 4.69) is 6.92 Å². The molecule has 0 spiro atoms. The molecule has 8 fully saturated rings. The van der Waals surface area contributed by atoms with Crippen molar-refractivity contribution in [3.63, 3.8) is 0 Å². The van der Waals surface area contributed by atoms with E-state index in [1.54, 1.807) is 34.1 Å². The normalized spacial score (nSPS) is 49.3. The van der Waals surface area contributed by atoms with E-state index in [4.69, 9.17) is 66.3 Å². The van der Waals surface area contributed by atoms with E-state index in [0.717, 1.165) is 11.1 Å². The third-order valence-corrected chi connectivity index (χ3v) is 21.6. The predicted molar refractivity (Wildman–Crippen MR) is 306 cm³/mol. The van der Waals surface area contributed by atoms with Crippen molar-refractivity contribution in [3.05, 3.63) is 53.6 Å². The van der Waals surface area contributed by atoms with Crippen LogP contribution in [0.1, 0.15) is 111 Å². The van der Waals surface area contributed by atoms with Crippen LogP contribution in [0.5, 0.6) is 0 Å². The lowest BCUT2D eigenvalue weighted by Gasteiger charge is -2.67. The molecule has 10 N–H and O–H groups in total. The number of ether oxygens (including phenoxy) is 14. The second kappa shape index (κ2) is 27.3. The minimum atomic E-state index is -2.07. The number of hydrogen-bond donors (Lipinski definition) is 10. The third kappa shape index (κ3) is 12.5. The van der Waals surface area contributed by atoms with Crippen LogP contribution in [0.15, 0.2) is 48.1 Å². The van der Waals surface area contributed by atoms with Crippen molar-refractivity contribution in [3.8, 4) is 0 Å². The molecular formula is C63H94O26. The van der Waals surface area contributed by atoms with E-state index in [9.17, 15) is 60.7 Å². The third-order valence-electron chi connectivity index (χ3n) is 21.6. The van der Waals surface area contributed by atoms with Crippen LogP contribution < -0.4 is 0 Å². The summed E-state index contributed by atoms with van der Waals surface area (Å²) in [5.41, 5.74) is -6.47. The quantitative estimate of drug-likeness (QED) is 0.0507. The fraction of sp³-hybridized carbons (Fsp3) is 0.810. The highest BCUT2D eigenvalue weighted by molar-refractivity contribution is 5.89. The summed E-state index contributed by atoms with van der Waals surface area (Å²) in [7, 11) is 4.63. The number of fused-ring (bicyclic) bond motifs is 5. The first-order valence-electron chi connectivity index (χ1n) is 31.3. The number of ketones is 1. The summed E-state index contributed by atoms with van der Waals surface area (Å²) in [6.45, 7) is 8.87. The molecule has 89 heavy (non-hydrogen) atoms. The lowest BCUT2D eigenvalue weighted by molar-refractivity contribution is -0.376. The number of rotatable bonds is 19. The maximum absolute atomic E-state index is 13.7. The average Bonchev–Trinajstić information content (AvgIpc) is 1.62. The molecule has 9 aliphatic rings. The van der Waals surface area contributed by atoms with Crippen molar-refractivity contribution in [1.29, 1.82) is 0 Å². The lowest BCUT2D eigenvalue weighted by Crippen LogP contribution is -2.78. The summed E-state index contributed by atoms with van der Waals surface area (Å²) in [6, 6.07) is 9.23. The highest BCUT2D eigenvalue weighted by Crippen LogP contribution is 2.71. The van der Waals surface area contributed by atoms with Crippen LogP contribution in [-0.2, 0) is 75.9 Å². The molecule has 0 amide bonds. The van der Waals surface area contributed by atoms with Gasteiger partial charge in [0, 0.05) is 52.6 Å². The molecule has 26 heteroatoms. The van der Waals surface area contributed by atoms with Crippen molar-refractivity contribution in [2.45, 2.75) is 270 Å². The summed E-state index contributed by atoms with van der Waals surface area (Å²) in [5, 5.41) is 112. The van der Waals surface area contributed by atoms with Gasteiger partial charge >= 0.3 is 5.97 Å². The van der Waals surface area contributed by atoms with Gasteiger partial charge < -0.3 is 117 Å². The number of Topliss-reactive ketones (excluding diaryl/α,β-unsaturated/α-hetero) is 1. The van der Waals surface area contributed by atoms with Gasteiger partial charge in [0.05, 0.1) is 61.4 Å². The van der Waals surface area contributed by atoms with Crippen LogP contribution in [0.25, 0.3) is 6.08 Å². The maximum Gasteiger partial charge on any atom is 0.331 e. The van der Waals surface area contributed by atoms with Crippen LogP contribution in [0.2, 0.25) is 0 Å². The van der Waals surface area contributed by atoms with Crippen molar-refractivity contribution in [2.75, 3.05) is 34.5 Å². The molecule has 4 aliphatic carbocycles. The molecule has 1 aromatic carbocycles. The first-order chi connectivity index (χ1) is 42.2. The molecule has 5 saturated heterocycles. The average molecular weight is 1270 g/mol. The molecular weight excluding hydrogens is 1170 g/mol. The molecule has 5 aliphatic heterocycles. The maximum atomic E-state index is 13.7. The Morgan fingerprint density at radius 3 is 1.67 bits per heavy atom. The van der Waals surface area contributed by atoms with Gasteiger partial charge in [0.1, 0.15) is 90.1 Å². The molecule has 3 saturated carbocycles. The van der Waals surface area contributed by atoms with Crippen LogP contribution in [0.3, 0.4) is 0 Å². The van der Waals surface area contributed by atoms with Crippen LogP contribution in [0, 0.1) is 16.7 Å². The van der Waals surface area contributed by atoms with Crippen LogP contribution in [0.4, 0.5) is 0 Å². The Labute approximate surface area is 518 Å². The van der Waals surface area contributed by atoms with E-state index in [-0.39, 0.29) is 44.6 Å². The Kier molecular flexibility index (Phi) is 21.1. The summed E-state index contributed by atoms with van der Waals surface area (Å²) >= 11 is 0. The van der Waals surface area contributed by atoms with Gasteiger partial charge in [-0.1, -0.05) is 48.9 Å². The molecule has 0 aromatic heterocycles. The minimum Gasteiger partial charge on any atom is -0.458 e. The van der Waals surface area contributed by atoms with Gasteiger partial charge in [0.25, 0.3) is 0 Å². The SMILES string of the molecule is COC1CC(OC2CCC3(C)C(=CCC4(O)C3CC(OC(=O)C=Cc3ccccc3)C3(C)C(O)(C(C)=O)CCC43O)C2)OC(C)C1OC1CC(OC)C(OC2CC(OC)C(OC3OC(CO)C(OC4OC(CO)C(O)C(O)C4O)C(O)C3O)C(C)O2)C(C)O1. The van der Waals surface area contributed by atoms with Gasteiger partial charge in [0.2, 0.25) is 0 Å². The standard InChI is InChI=1S/C63H94O26/c1-30-53(86-46-25-38(77-8)54(31(2)80-46)87-47-26-39(78-9)55(32(3)81-47)88-58-52(72)50(70)56(41(29-65)84-58)89-57-51(71)49(69)48(68)40(28-64)83-57)37(76-7)24-45(79-30)82-36-18-19-59(5)35(23-36)17-20-62(74)42(59)27-43(85-44(67)16-15-34-13-11-10-12-14-34)60(6)61(73,33(4)66)21-22-63(60,62)75/h10-17,30-32,36-43,45-58,64-65,68-75H,18-29H2,1-9H3. The zero-order valence-electron chi connectivity index (χ0n) is 52.0. The molecule has 10 rings (SSSR count). The van der Waals surface area contributed by atoms with Gasteiger partial charge in [-0.05, 0) is 96.6 Å². The first-order valence-corrected chi connectivity index (χ1v) is 31.3. The van der Waals surface area contributed by atoms with Gasteiger partial charge in [-0.25, -0.2) is 4.79 Å². The van der Waals surface area contributed by atoms with E-state index < -0.39 is 200 Å². The molecule has 502 valence electrons. The molecule has 30 unspecified atom stereocenters. The zero-order valence-corrected chi connectivity index (χ0v) is 52.0. The molecule has 0 bridgehead atoms. The second-order valence-electron chi connectivity index (χ2n) is 26.4. The predicted octanol–water partition coefficient (Wildman–Crippen LogP) is 0.349. The largest absolute Gasteiger partial charge is 0.458 e. The Morgan fingerprint density at radius 1 is 0.618 bits per heavy atom. The number of esters is 1. The van der Waals surface area contributed by atoms with E-state index in [1.165, 1.54) is 20.1 Å². The van der Waals surface area contributed by atoms with Crippen molar-refractivity contribution < 1.29 is 127 Å². The number of benzene rings is 1. The Balaban J connectivity index is 0.728. The summed E-state index contributed by atoms with van der Waals surface area (Å²) in [4.78, 5) is 27.0. The topological polar surface area (TPSA) is 366 Å². The zero-order chi connectivity index (χ0) is 64.3. The Bertz CT molecular complexity index is 2630. The monoisotopic (exact) mass is 1270 g/mol. The van der Waals surface area contributed by atoms with Crippen molar-refractivity contribution in [2.24, 2.45) is 16.7 Å². The molecule has 5 heterocycles. The summed E-state index contributed by atoms with van der Waals surface area (Å²) in [6.07, 6.45) is -18.5. The van der Waals surface area contributed by atoms with E-state index >= 15 is 0 Å². The number of hydrogen-bond acceptors (Lipinski definition) is 26. The highest BCUT2D eigenvalue weighted by atomic mass is 16.8. The summed E-state index contributed by atoms with van der Waals surface area (Å²) in [5.74, 6) is -1.89. The highest BCUT2D eigenvalue weighted by Gasteiger charge is 2.81. The fourth-order valence-electron chi connectivity index (χ4n) is 16.3. The van der Waals surface area contributed by atoms with Crippen LogP contribution in [-0.4, -0.2) is 262 Å². The minimum absolute atomic E-state index is 0.0511. The second-order valence-corrected chi connectivity index (χ2v) is 26.4. The van der Waals surface area contributed by atoms with Crippen molar-refractivity contribution in [1.82, 2.24) is 0 Å². The van der Waals surface area contributed by atoms with Gasteiger partial charge in [-0.3, -0.25) is 4.79 Å². The number of carbonyl (C=O) groups is 2. The number of methoxy groups -OCH3 is 3. The molecule has 26 nitrogen and oxygen atoms in total. The van der Waals surface area contributed by atoms with Gasteiger partial charge in [-0.2, -0.15) is 0 Å². The number of carbonyl (C=O) groups excluding carboxylic acids is 2. The smallest absolute Gasteiger partial charge is 0.331 e. The summed E-state index contributed by atoms with van der Waals surface area (Å²) < 4.78 is 86.7. The molecule has 30 atom stereocenters. The first kappa shape index (κ1) is 68.8. The number of aliphatic hydroxyl groups is 10.